The van der Waals surface area contributed by atoms with Crippen molar-refractivity contribution in [3.8, 4) is 0 Å². The number of rotatable bonds is 3. The third kappa shape index (κ3) is 1.76. The molecule has 0 aliphatic carbocycles. The van der Waals surface area contributed by atoms with Gasteiger partial charge in [-0.05, 0) is 13.3 Å². The maximum Gasteiger partial charge on any atom is 0.128 e. The predicted molar refractivity (Wildman–Crippen MR) is 48.8 cm³/mol. The molecule has 70 valence electrons. The summed E-state index contributed by atoms with van der Waals surface area (Å²) in [6, 6.07) is 0. The Morgan fingerprint density at radius 3 is 3.08 bits per heavy atom. The predicted octanol–water partition coefficient (Wildman–Crippen LogP) is 0.295. The second-order valence-electron chi connectivity index (χ2n) is 3.28. The van der Waals surface area contributed by atoms with Gasteiger partial charge in [-0.25, -0.2) is 0 Å². The summed E-state index contributed by atoms with van der Waals surface area (Å²) in [6.07, 6.45) is 1.01. The lowest BCUT2D eigenvalue weighted by Crippen LogP contribution is -2.41. The van der Waals surface area contributed by atoms with Crippen LogP contribution in [0.5, 0.6) is 0 Å². The van der Waals surface area contributed by atoms with Crippen LogP contribution in [-0.2, 0) is 4.84 Å². The molecule has 1 aliphatic rings. The molecule has 0 spiro atoms. The van der Waals surface area contributed by atoms with Gasteiger partial charge in [0.1, 0.15) is 5.84 Å². The fourth-order valence-corrected chi connectivity index (χ4v) is 1.22. The zero-order valence-corrected chi connectivity index (χ0v) is 7.76. The molecule has 1 atom stereocenters. The number of aliphatic imine (C=N–C) groups is 1. The molecule has 0 saturated carbocycles. The van der Waals surface area contributed by atoms with Crippen molar-refractivity contribution in [3.63, 3.8) is 0 Å². The Morgan fingerprint density at radius 2 is 2.50 bits per heavy atom. The number of hydrogen-bond acceptors (Lipinski definition) is 4. The van der Waals surface area contributed by atoms with Gasteiger partial charge in [0.05, 0.1) is 6.61 Å². The van der Waals surface area contributed by atoms with Crippen LogP contribution in [0.2, 0.25) is 0 Å². The summed E-state index contributed by atoms with van der Waals surface area (Å²) in [5, 5.41) is 0. The number of nitrogens with one attached hydrogen (secondary N) is 1. The molecule has 4 heteroatoms. The van der Waals surface area contributed by atoms with Gasteiger partial charge >= 0.3 is 0 Å². The molecule has 1 aliphatic heterocycles. The van der Waals surface area contributed by atoms with E-state index in [1.807, 2.05) is 6.92 Å². The maximum atomic E-state index is 5.65. The molecule has 12 heavy (non-hydrogen) atoms. The Hall–Kier alpha value is -0.610. The van der Waals surface area contributed by atoms with Crippen molar-refractivity contribution >= 4 is 5.84 Å². The minimum Gasteiger partial charge on any atom is -0.329 e. The van der Waals surface area contributed by atoms with Crippen LogP contribution in [-0.4, -0.2) is 25.5 Å². The van der Waals surface area contributed by atoms with E-state index in [1.165, 1.54) is 0 Å². The van der Waals surface area contributed by atoms with Gasteiger partial charge < -0.3 is 5.73 Å². The molecule has 0 saturated heterocycles. The smallest absolute Gasteiger partial charge is 0.128 e. The van der Waals surface area contributed by atoms with Crippen LogP contribution >= 0.6 is 0 Å². The molecule has 0 radical (unpaired) electrons. The number of hydrogen-bond donors (Lipinski definition) is 2. The molecular weight excluding hydrogens is 154 g/mol. The summed E-state index contributed by atoms with van der Waals surface area (Å²) in [5.74, 6) is 0.895. The lowest BCUT2D eigenvalue weighted by atomic mass is 9.88. The molecule has 0 bridgehead atoms. The molecule has 1 rings (SSSR count). The van der Waals surface area contributed by atoms with Crippen molar-refractivity contribution in [2.24, 2.45) is 16.1 Å². The molecule has 1 heterocycles. The summed E-state index contributed by atoms with van der Waals surface area (Å²) in [5.41, 5.74) is 8.49. The van der Waals surface area contributed by atoms with Gasteiger partial charge in [0.15, 0.2) is 0 Å². The van der Waals surface area contributed by atoms with Gasteiger partial charge in [-0.1, -0.05) is 6.92 Å². The standard InChI is InChI=1S/C8H17N3O/c1-3-12-11-7-8(2,6-9)4-5-10-7/h3-6,9H2,1-2H3,(H,10,11). The summed E-state index contributed by atoms with van der Waals surface area (Å²) in [6.45, 7) is 6.14. The largest absolute Gasteiger partial charge is 0.329 e. The second kappa shape index (κ2) is 3.87. The van der Waals surface area contributed by atoms with Crippen LogP contribution in [0.1, 0.15) is 20.3 Å². The van der Waals surface area contributed by atoms with E-state index in [0.717, 1.165) is 18.8 Å². The molecule has 0 fully saturated rings. The van der Waals surface area contributed by atoms with Crippen molar-refractivity contribution in [1.29, 1.82) is 0 Å². The average Bonchev–Trinajstić information content (AvgIpc) is 2.45. The van der Waals surface area contributed by atoms with E-state index >= 15 is 0 Å². The first-order valence-corrected chi connectivity index (χ1v) is 4.36. The molecule has 3 N–H and O–H groups in total. The molecule has 0 aromatic carbocycles. The SMILES string of the molecule is CCONC1=NCCC1(C)CN. The quantitative estimate of drug-likeness (QED) is 0.600. The van der Waals surface area contributed by atoms with E-state index in [0.29, 0.717) is 13.2 Å². The fourth-order valence-electron chi connectivity index (χ4n) is 1.22. The van der Waals surface area contributed by atoms with E-state index in [9.17, 15) is 0 Å². The third-order valence-electron chi connectivity index (χ3n) is 2.27. The van der Waals surface area contributed by atoms with Crippen LogP contribution in [0.4, 0.5) is 0 Å². The number of nitrogens with zero attached hydrogens (tertiary/aromatic N) is 1. The minimum absolute atomic E-state index is 0.00479. The summed E-state index contributed by atoms with van der Waals surface area (Å²) in [7, 11) is 0. The summed E-state index contributed by atoms with van der Waals surface area (Å²) in [4.78, 5) is 9.38. The first-order chi connectivity index (χ1) is 5.73. The highest BCUT2D eigenvalue weighted by molar-refractivity contribution is 5.88. The van der Waals surface area contributed by atoms with Gasteiger partial charge in [0, 0.05) is 18.5 Å². The van der Waals surface area contributed by atoms with E-state index in [2.05, 4.69) is 17.4 Å². The number of hydroxylamine groups is 1. The van der Waals surface area contributed by atoms with Gasteiger partial charge in [0.2, 0.25) is 0 Å². The first-order valence-electron chi connectivity index (χ1n) is 4.36. The highest BCUT2D eigenvalue weighted by Gasteiger charge is 2.33. The molecular formula is C8H17N3O. The van der Waals surface area contributed by atoms with E-state index in [-0.39, 0.29) is 5.41 Å². The second-order valence-corrected chi connectivity index (χ2v) is 3.28. The molecule has 0 amide bonds. The lowest BCUT2D eigenvalue weighted by Gasteiger charge is -2.23. The highest BCUT2D eigenvalue weighted by Crippen LogP contribution is 2.26. The van der Waals surface area contributed by atoms with Gasteiger partial charge in [-0.2, -0.15) is 0 Å². The van der Waals surface area contributed by atoms with Gasteiger partial charge in [-0.3, -0.25) is 15.3 Å². The van der Waals surface area contributed by atoms with Crippen molar-refractivity contribution in [3.05, 3.63) is 0 Å². The molecule has 0 aromatic heterocycles. The number of nitrogens with two attached hydrogens (primary N) is 1. The fraction of sp³-hybridized carbons (Fsp3) is 0.875. The Kier molecular flexibility index (Phi) is 3.05. The van der Waals surface area contributed by atoms with Crippen LogP contribution in [0.3, 0.4) is 0 Å². The van der Waals surface area contributed by atoms with Crippen LogP contribution in [0.25, 0.3) is 0 Å². The van der Waals surface area contributed by atoms with E-state index < -0.39 is 0 Å². The maximum absolute atomic E-state index is 5.65. The molecule has 0 aromatic rings. The normalized spacial score (nSPS) is 28.8. The highest BCUT2D eigenvalue weighted by atomic mass is 16.6. The zero-order chi connectivity index (χ0) is 9.03. The van der Waals surface area contributed by atoms with Crippen molar-refractivity contribution in [1.82, 2.24) is 5.48 Å². The van der Waals surface area contributed by atoms with Crippen molar-refractivity contribution < 1.29 is 4.84 Å². The van der Waals surface area contributed by atoms with E-state index in [4.69, 9.17) is 10.6 Å². The molecule has 4 nitrogen and oxygen atoms in total. The summed E-state index contributed by atoms with van der Waals surface area (Å²) >= 11 is 0. The van der Waals surface area contributed by atoms with Crippen molar-refractivity contribution in [2.75, 3.05) is 19.7 Å². The van der Waals surface area contributed by atoms with Gasteiger partial charge in [-0.15, -0.1) is 0 Å². The topological polar surface area (TPSA) is 59.6 Å². The van der Waals surface area contributed by atoms with Crippen molar-refractivity contribution in [2.45, 2.75) is 20.3 Å². The lowest BCUT2D eigenvalue weighted by molar-refractivity contribution is 0.0905. The average molecular weight is 171 g/mol. The minimum atomic E-state index is -0.00479. The van der Waals surface area contributed by atoms with Gasteiger partial charge in [0.25, 0.3) is 0 Å². The van der Waals surface area contributed by atoms with E-state index in [1.54, 1.807) is 0 Å². The Labute approximate surface area is 73.1 Å². The molecule has 1 unspecified atom stereocenters. The Bertz CT molecular complexity index is 181. The monoisotopic (exact) mass is 171 g/mol. The Balaban J connectivity index is 2.50. The van der Waals surface area contributed by atoms with Crippen LogP contribution in [0, 0.1) is 5.41 Å². The number of amidine groups is 1. The zero-order valence-electron chi connectivity index (χ0n) is 7.76. The Morgan fingerprint density at radius 1 is 1.75 bits per heavy atom. The summed E-state index contributed by atoms with van der Waals surface area (Å²) < 4.78 is 0. The van der Waals surface area contributed by atoms with Crippen LogP contribution < -0.4 is 11.2 Å². The third-order valence-corrected chi connectivity index (χ3v) is 2.27. The van der Waals surface area contributed by atoms with Crippen LogP contribution in [0.15, 0.2) is 4.99 Å². The first kappa shape index (κ1) is 9.48.